The minimum Gasteiger partial charge on any atom is -0.257 e. The Morgan fingerprint density at radius 2 is 1.57 bits per heavy atom. The third-order valence-corrected chi connectivity index (χ3v) is 6.98. The van der Waals surface area contributed by atoms with Gasteiger partial charge >= 0.3 is 5.79 Å². The minimum absolute atomic E-state index is 0.259. The zero-order valence-electron chi connectivity index (χ0n) is 16.0. The fourth-order valence-corrected chi connectivity index (χ4v) is 6.06. The van der Waals surface area contributed by atoms with E-state index in [0.29, 0.717) is 0 Å². The fourth-order valence-electron chi connectivity index (χ4n) is 6.06. The van der Waals surface area contributed by atoms with Gasteiger partial charge < -0.3 is 0 Å². The van der Waals surface area contributed by atoms with Crippen molar-refractivity contribution in [3.8, 4) is 0 Å². The molecule has 3 aromatic heterocycles. The average molecular weight is 366 g/mol. The largest absolute Gasteiger partial charge is 0.449 e. The van der Waals surface area contributed by atoms with E-state index in [1.165, 1.54) is 39.9 Å². The first-order chi connectivity index (χ1) is 13.7. The van der Waals surface area contributed by atoms with E-state index in [2.05, 4.69) is 75.2 Å². The van der Waals surface area contributed by atoms with Gasteiger partial charge in [-0.15, -0.1) is 9.14 Å². The Bertz CT molecular complexity index is 1260. The Morgan fingerprint density at radius 1 is 0.857 bits per heavy atom. The topological polar surface area (TPSA) is 24.7 Å². The van der Waals surface area contributed by atoms with E-state index < -0.39 is 0 Å². The molecule has 0 aliphatic carbocycles. The van der Waals surface area contributed by atoms with Crippen LogP contribution in [0.4, 0.5) is 0 Å². The maximum Gasteiger partial charge on any atom is 0.449 e. The standard InChI is InChI=1S/C24H22N4/c1-24-26-18-6-3-7-19(26)14-21-10-11-23(28(21)24)15-22-9-8-20(27(22)24)13-17-5-2-4-16(12-18)25-17/h2-8,10-11H,9,12-15H2,1H3/q+2. The van der Waals surface area contributed by atoms with Crippen LogP contribution in [-0.4, -0.2) is 19.8 Å². The third-order valence-electron chi connectivity index (χ3n) is 6.98. The molecule has 0 fully saturated rings. The van der Waals surface area contributed by atoms with E-state index in [4.69, 9.17) is 4.98 Å². The predicted octanol–water partition coefficient (Wildman–Crippen LogP) is 2.70. The first-order valence-corrected chi connectivity index (χ1v) is 10.2. The molecular formula is C24H22N4+2. The highest BCUT2D eigenvalue weighted by Crippen LogP contribution is 2.37. The highest BCUT2D eigenvalue weighted by molar-refractivity contribution is 5.85. The van der Waals surface area contributed by atoms with Gasteiger partial charge in [-0.3, -0.25) is 4.98 Å². The molecule has 136 valence electrons. The Kier molecular flexibility index (Phi) is 2.61. The lowest BCUT2D eigenvalue weighted by Gasteiger charge is -2.35. The molecule has 1 unspecified atom stereocenters. The summed E-state index contributed by atoms with van der Waals surface area (Å²) in [6, 6.07) is 18.0. The van der Waals surface area contributed by atoms with Gasteiger partial charge in [0.25, 0.3) is 0 Å². The Balaban J connectivity index is 1.63. The Morgan fingerprint density at radius 3 is 2.43 bits per heavy atom. The number of hydrogen-bond donors (Lipinski definition) is 0. The molecule has 3 aromatic rings. The monoisotopic (exact) mass is 366 g/mol. The van der Waals surface area contributed by atoms with Crippen LogP contribution in [0.3, 0.4) is 0 Å². The van der Waals surface area contributed by atoms with Gasteiger partial charge in [-0.2, -0.15) is 0 Å². The molecule has 0 radical (unpaired) electrons. The first-order valence-electron chi connectivity index (χ1n) is 10.2. The second kappa shape index (κ2) is 4.88. The van der Waals surface area contributed by atoms with Gasteiger partial charge in [0.2, 0.25) is 0 Å². The van der Waals surface area contributed by atoms with Crippen molar-refractivity contribution in [1.82, 2.24) is 9.55 Å². The van der Waals surface area contributed by atoms with Gasteiger partial charge in [0, 0.05) is 23.5 Å². The average Bonchev–Trinajstić information content (AvgIpc) is 3.28. The fraction of sp³-hybridized carbons (Fsp3) is 0.292. The van der Waals surface area contributed by atoms with E-state index in [1.54, 1.807) is 0 Å². The van der Waals surface area contributed by atoms with E-state index in [0.717, 1.165) is 37.8 Å². The molecule has 4 aliphatic rings. The number of pyridine rings is 2. The molecule has 4 heteroatoms. The van der Waals surface area contributed by atoms with Crippen LogP contribution in [0.5, 0.6) is 0 Å². The molecule has 0 N–H and O–H groups in total. The van der Waals surface area contributed by atoms with Gasteiger partial charge in [0.15, 0.2) is 22.8 Å². The lowest BCUT2D eigenvalue weighted by Crippen LogP contribution is -2.72. The lowest BCUT2D eigenvalue weighted by atomic mass is 10.0. The highest BCUT2D eigenvalue weighted by atomic mass is 15.5. The van der Waals surface area contributed by atoms with Crippen LogP contribution < -0.4 is 4.57 Å². The maximum atomic E-state index is 4.99. The van der Waals surface area contributed by atoms with Crippen molar-refractivity contribution >= 4 is 5.71 Å². The molecule has 7 rings (SSSR count). The molecule has 2 bridgehead atoms. The molecule has 1 atom stereocenters. The molecule has 0 spiro atoms. The van der Waals surface area contributed by atoms with Crippen molar-refractivity contribution in [2.75, 3.05) is 0 Å². The van der Waals surface area contributed by atoms with Crippen molar-refractivity contribution in [2.45, 2.75) is 44.8 Å². The summed E-state index contributed by atoms with van der Waals surface area (Å²) in [5.41, 5.74) is 10.8. The summed E-state index contributed by atoms with van der Waals surface area (Å²) >= 11 is 0. The second-order valence-corrected chi connectivity index (χ2v) is 8.59. The normalized spacial score (nSPS) is 23.4. The molecule has 0 aromatic carbocycles. The van der Waals surface area contributed by atoms with Crippen molar-refractivity contribution in [1.29, 1.82) is 0 Å². The van der Waals surface area contributed by atoms with Crippen LogP contribution in [-0.2, 0) is 31.5 Å². The van der Waals surface area contributed by atoms with Gasteiger partial charge in [0.05, 0.1) is 50.4 Å². The molecule has 0 amide bonds. The molecule has 7 heterocycles. The lowest BCUT2D eigenvalue weighted by molar-refractivity contribution is -0.933. The van der Waals surface area contributed by atoms with E-state index in [-0.39, 0.29) is 5.79 Å². The number of fused-ring (bicyclic) bond motifs is 2. The number of aromatic nitrogens is 3. The molecular weight excluding hydrogens is 344 g/mol. The SMILES string of the molecule is CC12n3c4ccc3Cc3cccc([n+]31)Cc1cccc(n1)CC1=CCC(=[N+]12)C4. The van der Waals surface area contributed by atoms with Crippen LogP contribution in [0.25, 0.3) is 0 Å². The smallest absolute Gasteiger partial charge is 0.257 e. The second-order valence-electron chi connectivity index (χ2n) is 8.59. The van der Waals surface area contributed by atoms with E-state index >= 15 is 0 Å². The summed E-state index contributed by atoms with van der Waals surface area (Å²) in [4.78, 5) is 4.99. The number of rotatable bonds is 0. The molecule has 28 heavy (non-hydrogen) atoms. The molecule has 4 aliphatic heterocycles. The molecule has 0 saturated heterocycles. The number of hydrogen-bond acceptors (Lipinski definition) is 1. The summed E-state index contributed by atoms with van der Waals surface area (Å²) in [5, 5.41) is 0. The molecule has 0 saturated carbocycles. The van der Waals surface area contributed by atoms with Crippen molar-refractivity contribution in [3.05, 3.63) is 94.5 Å². The number of allylic oxidation sites excluding steroid dienone is 2. The van der Waals surface area contributed by atoms with Gasteiger partial charge in [0.1, 0.15) is 0 Å². The maximum absolute atomic E-state index is 4.99. The Hall–Kier alpha value is -3.01. The van der Waals surface area contributed by atoms with Crippen molar-refractivity contribution in [3.63, 3.8) is 0 Å². The summed E-state index contributed by atoms with van der Waals surface area (Å²) in [6.07, 6.45) is 7.27. The van der Waals surface area contributed by atoms with Crippen LogP contribution in [0.1, 0.15) is 47.5 Å². The predicted molar refractivity (Wildman–Crippen MR) is 105 cm³/mol. The quantitative estimate of drug-likeness (QED) is 0.562. The summed E-state index contributed by atoms with van der Waals surface area (Å²) < 4.78 is 7.84. The summed E-state index contributed by atoms with van der Waals surface area (Å²) in [7, 11) is 0. The van der Waals surface area contributed by atoms with Gasteiger partial charge in [-0.25, -0.2) is 4.57 Å². The van der Waals surface area contributed by atoms with E-state index in [1.807, 2.05) is 0 Å². The third kappa shape index (κ3) is 1.69. The van der Waals surface area contributed by atoms with Crippen molar-refractivity contribution < 1.29 is 9.14 Å². The van der Waals surface area contributed by atoms with Crippen LogP contribution in [0.2, 0.25) is 0 Å². The zero-order valence-corrected chi connectivity index (χ0v) is 16.0. The van der Waals surface area contributed by atoms with Gasteiger partial charge in [-0.1, -0.05) is 6.07 Å². The minimum atomic E-state index is -0.259. The van der Waals surface area contributed by atoms with Crippen molar-refractivity contribution in [2.24, 2.45) is 0 Å². The summed E-state index contributed by atoms with van der Waals surface area (Å²) in [6.45, 7) is 2.41. The van der Waals surface area contributed by atoms with Crippen LogP contribution in [0.15, 0.2) is 60.3 Å². The first kappa shape index (κ1) is 15.0. The zero-order chi connectivity index (χ0) is 18.5. The van der Waals surface area contributed by atoms with E-state index in [9.17, 15) is 0 Å². The summed E-state index contributed by atoms with van der Waals surface area (Å²) in [5.74, 6) is -0.259. The van der Waals surface area contributed by atoms with Gasteiger partial charge in [-0.05, 0) is 36.4 Å². The van der Waals surface area contributed by atoms with Crippen LogP contribution in [0, 0.1) is 0 Å². The number of nitrogens with zero attached hydrogens (tertiary/aromatic N) is 4. The highest BCUT2D eigenvalue weighted by Gasteiger charge is 2.60. The van der Waals surface area contributed by atoms with Crippen LogP contribution >= 0.6 is 0 Å². The molecule has 4 nitrogen and oxygen atoms in total. The Labute approximate surface area is 164 Å².